The molecule has 2 aromatic rings. The number of nitrogen functional groups attached to an aromatic ring is 1. The maximum atomic E-state index is 6.25. The number of aromatic nitrogens is 2. The minimum Gasteiger partial charge on any atom is -0.493 e. The number of aryl methyl sites for hydroxylation is 1. The van der Waals surface area contributed by atoms with Crippen LogP contribution in [-0.4, -0.2) is 48.2 Å². The third-order valence-corrected chi connectivity index (χ3v) is 5.64. The highest BCUT2D eigenvalue weighted by Gasteiger charge is 2.27. The lowest BCUT2D eigenvalue weighted by Gasteiger charge is -2.21. The van der Waals surface area contributed by atoms with Gasteiger partial charge in [0.25, 0.3) is 0 Å². The molecule has 0 unspecified atom stereocenters. The van der Waals surface area contributed by atoms with Crippen LogP contribution < -0.4 is 15.4 Å². The monoisotopic (exact) mass is 381 g/mol. The molecule has 0 spiro atoms. The van der Waals surface area contributed by atoms with Crippen molar-refractivity contribution >= 4 is 17.5 Å². The molecule has 0 atom stereocenters. The standard InChI is InChI=1S/C22H31N5O/c1-16-14-21(23)25-22(24-16)26(2)18-8-9-19(17-6-7-17)20(15-18)28-13-5-12-27-10-3-4-11-27/h8-9,14-15,17H,3-7,10-13H2,1-2H3,(H2,23,24,25). The van der Waals surface area contributed by atoms with Gasteiger partial charge in [0, 0.05) is 37.1 Å². The van der Waals surface area contributed by atoms with Crippen LogP contribution in [0.5, 0.6) is 5.75 Å². The number of nitrogens with zero attached hydrogens (tertiary/aromatic N) is 4. The van der Waals surface area contributed by atoms with Gasteiger partial charge in [0.2, 0.25) is 5.95 Å². The van der Waals surface area contributed by atoms with Gasteiger partial charge in [-0.1, -0.05) is 6.07 Å². The molecule has 1 saturated heterocycles. The summed E-state index contributed by atoms with van der Waals surface area (Å²) in [6.07, 6.45) is 6.27. The zero-order valence-electron chi connectivity index (χ0n) is 17.0. The molecule has 6 heteroatoms. The number of benzene rings is 1. The molecule has 1 aliphatic carbocycles. The van der Waals surface area contributed by atoms with Crippen LogP contribution in [0.2, 0.25) is 0 Å². The van der Waals surface area contributed by atoms with E-state index in [1.165, 1.54) is 44.3 Å². The van der Waals surface area contributed by atoms with Crippen LogP contribution in [0.3, 0.4) is 0 Å². The van der Waals surface area contributed by atoms with E-state index in [4.69, 9.17) is 10.5 Å². The van der Waals surface area contributed by atoms with Gasteiger partial charge in [0.05, 0.1) is 6.61 Å². The molecule has 0 bridgehead atoms. The zero-order chi connectivity index (χ0) is 19.5. The first kappa shape index (κ1) is 19.0. The summed E-state index contributed by atoms with van der Waals surface area (Å²) in [5.41, 5.74) is 9.12. The number of anilines is 3. The maximum Gasteiger partial charge on any atom is 0.231 e. The summed E-state index contributed by atoms with van der Waals surface area (Å²) in [5, 5.41) is 0. The molecule has 2 fully saturated rings. The Balaban J connectivity index is 1.46. The highest BCUT2D eigenvalue weighted by molar-refractivity contribution is 5.62. The molecule has 0 amide bonds. The number of ether oxygens (including phenoxy) is 1. The molecule has 2 heterocycles. The van der Waals surface area contributed by atoms with Crippen LogP contribution in [0.15, 0.2) is 24.3 Å². The van der Waals surface area contributed by atoms with Crippen molar-refractivity contribution in [3.63, 3.8) is 0 Å². The van der Waals surface area contributed by atoms with Crippen molar-refractivity contribution in [3.05, 3.63) is 35.5 Å². The van der Waals surface area contributed by atoms with E-state index in [0.717, 1.165) is 36.7 Å². The van der Waals surface area contributed by atoms with Crippen LogP contribution in [0, 0.1) is 6.92 Å². The Morgan fingerprint density at radius 3 is 2.68 bits per heavy atom. The normalized spacial score (nSPS) is 17.1. The molecule has 1 saturated carbocycles. The van der Waals surface area contributed by atoms with Gasteiger partial charge in [0.15, 0.2) is 0 Å². The van der Waals surface area contributed by atoms with E-state index in [-0.39, 0.29) is 0 Å². The molecule has 150 valence electrons. The SMILES string of the molecule is Cc1cc(N)nc(N(C)c2ccc(C3CC3)c(OCCCN3CCCC3)c2)n1. The van der Waals surface area contributed by atoms with E-state index in [1.807, 2.05) is 18.9 Å². The van der Waals surface area contributed by atoms with Gasteiger partial charge >= 0.3 is 0 Å². The number of rotatable bonds is 8. The maximum absolute atomic E-state index is 6.25. The summed E-state index contributed by atoms with van der Waals surface area (Å²) in [4.78, 5) is 13.4. The third-order valence-electron chi connectivity index (χ3n) is 5.64. The lowest BCUT2D eigenvalue weighted by atomic mass is 10.1. The molecule has 1 aliphatic heterocycles. The van der Waals surface area contributed by atoms with Crippen LogP contribution in [0.25, 0.3) is 0 Å². The lowest BCUT2D eigenvalue weighted by Crippen LogP contribution is -2.22. The highest BCUT2D eigenvalue weighted by atomic mass is 16.5. The second-order valence-corrected chi connectivity index (χ2v) is 8.04. The molecular weight excluding hydrogens is 350 g/mol. The number of nitrogens with two attached hydrogens (primary N) is 1. The topological polar surface area (TPSA) is 67.5 Å². The fourth-order valence-electron chi connectivity index (χ4n) is 3.91. The Morgan fingerprint density at radius 1 is 1.18 bits per heavy atom. The van der Waals surface area contributed by atoms with Crippen molar-refractivity contribution in [2.24, 2.45) is 0 Å². The van der Waals surface area contributed by atoms with Crippen LogP contribution in [-0.2, 0) is 0 Å². The molecule has 1 aromatic heterocycles. The van der Waals surface area contributed by atoms with Gasteiger partial charge in [-0.05, 0) is 69.7 Å². The third kappa shape index (κ3) is 4.55. The smallest absolute Gasteiger partial charge is 0.231 e. The fraction of sp³-hybridized carbons (Fsp3) is 0.545. The predicted molar refractivity (Wildman–Crippen MR) is 113 cm³/mol. The van der Waals surface area contributed by atoms with Gasteiger partial charge in [0.1, 0.15) is 11.6 Å². The first-order valence-corrected chi connectivity index (χ1v) is 10.4. The predicted octanol–water partition coefficient (Wildman–Crippen LogP) is 3.88. The van der Waals surface area contributed by atoms with E-state index < -0.39 is 0 Å². The fourth-order valence-corrected chi connectivity index (χ4v) is 3.91. The van der Waals surface area contributed by atoms with E-state index in [2.05, 4.69) is 33.1 Å². The Kier molecular flexibility index (Phi) is 5.67. The Morgan fingerprint density at radius 2 is 1.96 bits per heavy atom. The van der Waals surface area contributed by atoms with Gasteiger partial charge in [-0.2, -0.15) is 4.98 Å². The van der Waals surface area contributed by atoms with Gasteiger partial charge in [-0.25, -0.2) is 4.98 Å². The van der Waals surface area contributed by atoms with Crippen molar-refractivity contribution in [1.82, 2.24) is 14.9 Å². The summed E-state index contributed by atoms with van der Waals surface area (Å²) >= 11 is 0. The first-order valence-electron chi connectivity index (χ1n) is 10.4. The minimum atomic E-state index is 0.488. The average Bonchev–Trinajstić information content (AvgIpc) is 3.39. The zero-order valence-corrected chi connectivity index (χ0v) is 17.0. The highest BCUT2D eigenvalue weighted by Crippen LogP contribution is 2.45. The molecule has 2 N–H and O–H groups in total. The Labute approximate surface area is 167 Å². The second-order valence-electron chi connectivity index (χ2n) is 8.04. The molecule has 0 radical (unpaired) electrons. The van der Waals surface area contributed by atoms with E-state index in [1.54, 1.807) is 6.07 Å². The van der Waals surface area contributed by atoms with E-state index >= 15 is 0 Å². The van der Waals surface area contributed by atoms with Crippen molar-refractivity contribution in [1.29, 1.82) is 0 Å². The van der Waals surface area contributed by atoms with Crippen LogP contribution in [0.4, 0.5) is 17.5 Å². The first-order chi connectivity index (χ1) is 13.6. The summed E-state index contributed by atoms with van der Waals surface area (Å²) < 4.78 is 6.25. The van der Waals surface area contributed by atoms with Crippen LogP contribution >= 0.6 is 0 Å². The van der Waals surface area contributed by atoms with Gasteiger partial charge in [-0.15, -0.1) is 0 Å². The summed E-state index contributed by atoms with van der Waals surface area (Å²) in [6.45, 7) is 6.31. The molecular formula is C22H31N5O. The molecule has 28 heavy (non-hydrogen) atoms. The Hall–Kier alpha value is -2.34. The molecule has 1 aromatic carbocycles. The molecule has 6 nitrogen and oxygen atoms in total. The van der Waals surface area contributed by atoms with Gasteiger partial charge < -0.3 is 20.3 Å². The largest absolute Gasteiger partial charge is 0.493 e. The van der Waals surface area contributed by atoms with Crippen LogP contribution in [0.1, 0.15) is 49.3 Å². The minimum absolute atomic E-state index is 0.488. The van der Waals surface area contributed by atoms with Crippen molar-refractivity contribution < 1.29 is 4.74 Å². The summed E-state index contributed by atoms with van der Waals surface area (Å²) in [5.74, 6) is 2.76. The number of likely N-dealkylation sites (tertiary alicyclic amines) is 1. The van der Waals surface area contributed by atoms with E-state index in [9.17, 15) is 0 Å². The van der Waals surface area contributed by atoms with E-state index in [0.29, 0.717) is 17.7 Å². The van der Waals surface area contributed by atoms with Crippen molar-refractivity contribution in [2.45, 2.75) is 44.9 Å². The lowest BCUT2D eigenvalue weighted by molar-refractivity contribution is 0.262. The molecule has 2 aliphatic rings. The average molecular weight is 382 g/mol. The van der Waals surface area contributed by atoms with Crippen molar-refractivity contribution in [2.75, 3.05) is 43.9 Å². The summed E-state index contributed by atoms with van der Waals surface area (Å²) in [6, 6.07) is 8.25. The number of hydrogen-bond donors (Lipinski definition) is 1. The quantitative estimate of drug-likeness (QED) is 0.700. The molecule has 4 rings (SSSR count). The Bertz CT molecular complexity index is 794. The number of hydrogen-bond acceptors (Lipinski definition) is 6. The second kappa shape index (κ2) is 8.35. The summed E-state index contributed by atoms with van der Waals surface area (Å²) in [7, 11) is 1.97. The van der Waals surface area contributed by atoms with Gasteiger partial charge in [-0.3, -0.25) is 0 Å². The van der Waals surface area contributed by atoms with Crippen molar-refractivity contribution in [3.8, 4) is 5.75 Å².